The number of nitrogens with two attached hydrogens (primary N) is 1. The van der Waals surface area contributed by atoms with E-state index in [1.165, 1.54) is 0 Å². The summed E-state index contributed by atoms with van der Waals surface area (Å²) in [5, 5.41) is 6.66. The number of nitrogens with zero attached hydrogens (tertiary/aromatic N) is 2. The zero-order chi connectivity index (χ0) is 15.0. The number of hydrogen-bond acceptors (Lipinski definition) is 5. The second-order valence-corrected chi connectivity index (χ2v) is 5.70. The molecule has 1 heterocycles. The second kappa shape index (κ2) is 4.96. The SMILES string of the molecule is Cc1noc(-c2ccccc2NC(=O)C(C)(N)C2CC2)n1. The normalized spacial score (nSPS) is 17.3. The van der Waals surface area contributed by atoms with Gasteiger partial charge in [0, 0.05) is 0 Å². The van der Waals surface area contributed by atoms with Crippen LogP contribution in [0.25, 0.3) is 11.5 Å². The van der Waals surface area contributed by atoms with Crippen molar-refractivity contribution in [2.24, 2.45) is 11.7 Å². The highest BCUT2D eigenvalue weighted by Gasteiger charge is 2.44. The number of aromatic nitrogens is 2. The van der Waals surface area contributed by atoms with Gasteiger partial charge in [0.2, 0.25) is 5.91 Å². The average Bonchev–Trinajstić information content (AvgIpc) is 3.23. The Morgan fingerprint density at radius 1 is 1.43 bits per heavy atom. The summed E-state index contributed by atoms with van der Waals surface area (Å²) in [4.78, 5) is 16.6. The van der Waals surface area contributed by atoms with Crippen LogP contribution < -0.4 is 11.1 Å². The molecule has 2 aromatic rings. The molecule has 0 radical (unpaired) electrons. The van der Waals surface area contributed by atoms with Crippen LogP contribution in [0.1, 0.15) is 25.6 Å². The van der Waals surface area contributed by atoms with Crippen molar-refractivity contribution in [3.63, 3.8) is 0 Å². The minimum absolute atomic E-state index is 0.186. The van der Waals surface area contributed by atoms with E-state index in [1.54, 1.807) is 19.9 Å². The standard InChI is InChI=1S/C15H18N4O2/c1-9-17-13(21-19-9)11-5-3-4-6-12(11)18-14(20)15(2,16)10-7-8-10/h3-6,10H,7-8,16H2,1-2H3,(H,18,20). The maximum absolute atomic E-state index is 12.4. The number of nitrogens with one attached hydrogen (secondary N) is 1. The molecule has 1 atom stereocenters. The molecule has 3 rings (SSSR count). The number of amides is 1. The van der Waals surface area contributed by atoms with Gasteiger partial charge in [0.25, 0.3) is 5.89 Å². The number of carbonyl (C=O) groups excluding carboxylic acids is 1. The zero-order valence-electron chi connectivity index (χ0n) is 12.1. The first-order valence-corrected chi connectivity index (χ1v) is 6.98. The van der Waals surface area contributed by atoms with Crippen LogP contribution in [0.4, 0.5) is 5.69 Å². The summed E-state index contributed by atoms with van der Waals surface area (Å²) in [6.45, 7) is 3.53. The second-order valence-electron chi connectivity index (χ2n) is 5.70. The van der Waals surface area contributed by atoms with E-state index >= 15 is 0 Å². The van der Waals surface area contributed by atoms with Gasteiger partial charge in [-0.1, -0.05) is 17.3 Å². The van der Waals surface area contributed by atoms with Crippen molar-refractivity contribution >= 4 is 11.6 Å². The Morgan fingerprint density at radius 2 is 2.14 bits per heavy atom. The molecule has 0 bridgehead atoms. The van der Waals surface area contributed by atoms with Gasteiger partial charge < -0.3 is 15.6 Å². The number of rotatable bonds is 4. The van der Waals surface area contributed by atoms with Crippen molar-refractivity contribution in [3.8, 4) is 11.5 Å². The molecule has 0 spiro atoms. The van der Waals surface area contributed by atoms with Crippen molar-refractivity contribution in [2.75, 3.05) is 5.32 Å². The first kappa shape index (κ1) is 13.8. The van der Waals surface area contributed by atoms with E-state index < -0.39 is 5.54 Å². The maximum Gasteiger partial charge on any atom is 0.260 e. The molecule has 1 aliphatic carbocycles. The maximum atomic E-state index is 12.4. The number of benzene rings is 1. The van der Waals surface area contributed by atoms with E-state index in [0.717, 1.165) is 12.8 Å². The van der Waals surface area contributed by atoms with E-state index in [9.17, 15) is 4.79 Å². The summed E-state index contributed by atoms with van der Waals surface area (Å²) >= 11 is 0. The summed E-state index contributed by atoms with van der Waals surface area (Å²) in [5.41, 5.74) is 6.61. The molecule has 21 heavy (non-hydrogen) atoms. The lowest BCUT2D eigenvalue weighted by Gasteiger charge is -2.23. The molecule has 1 aromatic carbocycles. The van der Waals surface area contributed by atoms with Crippen molar-refractivity contribution in [3.05, 3.63) is 30.1 Å². The van der Waals surface area contributed by atoms with Crippen molar-refractivity contribution in [1.29, 1.82) is 0 Å². The average molecular weight is 286 g/mol. The van der Waals surface area contributed by atoms with Crippen molar-refractivity contribution in [2.45, 2.75) is 32.2 Å². The van der Waals surface area contributed by atoms with Gasteiger partial charge >= 0.3 is 0 Å². The highest BCUT2D eigenvalue weighted by atomic mass is 16.5. The first-order valence-electron chi connectivity index (χ1n) is 6.98. The van der Waals surface area contributed by atoms with Gasteiger partial charge in [-0.15, -0.1) is 0 Å². The van der Waals surface area contributed by atoms with Crippen LogP contribution in [0.3, 0.4) is 0 Å². The third-order valence-corrected chi connectivity index (χ3v) is 3.85. The number of para-hydroxylation sites is 1. The van der Waals surface area contributed by atoms with Crippen LogP contribution in [-0.2, 0) is 4.79 Å². The molecule has 0 saturated heterocycles. The van der Waals surface area contributed by atoms with Crippen molar-refractivity contribution < 1.29 is 9.32 Å². The molecule has 110 valence electrons. The Morgan fingerprint density at radius 3 is 2.76 bits per heavy atom. The summed E-state index contributed by atoms with van der Waals surface area (Å²) in [7, 11) is 0. The molecule has 1 unspecified atom stereocenters. The third-order valence-electron chi connectivity index (χ3n) is 3.85. The van der Waals surface area contributed by atoms with Crippen LogP contribution in [0, 0.1) is 12.8 Å². The lowest BCUT2D eigenvalue weighted by molar-refractivity contribution is -0.121. The summed E-state index contributed by atoms with van der Waals surface area (Å²) in [6, 6.07) is 7.32. The largest absolute Gasteiger partial charge is 0.334 e. The molecule has 0 aliphatic heterocycles. The van der Waals surface area contributed by atoms with Gasteiger partial charge in [0.05, 0.1) is 16.8 Å². The summed E-state index contributed by atoms with van der Waals surface area (Å²) in [6.07, 6.45) is 2.01. The predicted molar refractivity (Wildman–Crippen MR) is 78.4 cm³/mol. The van der Waals surface area contributed by atoms with Gasteiger partial charge in [-0.05, 0) is 44.7 Å². The smallest absolute Gasteiger partial charge is 0.260 e. The van der Waals surface area contributed by atoms with E-state index in [0.29, 0.717) is 23.0 Å². The van der Waals surface area contributed by atoms with Crippen molar-refractivity contribution in [1.82, 2.24) is 10.1 Å². The summed E-state index contributed by atoms with van der Waals surface area (Å²) < 4.78 is 5.17. The number of aryl methyl sites for hydroxylation is 1. The quantitative estimate of drug-likeness (QED) is 0.897. The highest BCUT2D eigenvalue weighted by Crippen LogP contribution is 2.39. The number of carbonyl (C=O) groups is 1. The Kier molecular flexibility index (Phi) is 3.25. The van der Waals surface area contributed by atoms with Gasteiger partial charge in [0.15, 0.2) is 5.82 Å². The van der Waals surface area contributed by atoms with Gasteiger partial charge in [-0.25, -0.2) is 0 Å². The molecule has 1 fully saturated rings. The van der Waals surface area contributed by atoms with Crippen LogP contribution in [0.15, 0.2) is 28.8 Å². The van der Waals surface area contributed by atoms with Crippen LogP contribution in [0.5, 0.6) is 0 Å². The molecule has 6 heteroatoms. The fraction of sp³-hybridized carbons (Fsp3) is 0.400. The predicted octanol–water partition coefficient (Wildman–Crippen LogP) is 2.11. The molecule has 6 nitrogen and oxygen atoms in total. The fourth-order valence-corrected chi connectivity index (χ4v) is 2.31. The molecule has 1 aliphatic rings. The fourth-order valence-electron chi connectivity index (χ4n) is 2.31. The van der Waals surface area contributed by atoms with E-state index in [4.69, 9.17) is 10.3 Å². The molecule has 1 aromatic heterocycles. The lowest BCUT2D eigenvalue weighted by Crippen LogP contribution is -2.50. The number of hydrogen-bond donors (Lipinski definition) is 2. The van der Waals surface area contributed by atoms with Crippen LogP contribution in [-0.4, -0.2) is 21.6 Å². The lowest BCUT2D eigenvalue weighted by atomic mass is 9.96. The molecule has 1 saturated carbocycles. The van der Waals surface area contributed by atoms with Crippen LogP contribution in [0.2, 0.25) is 0 Å². The first-order chi connectivity index (χ1) is 9.98. The molecular formula is C15H18N4O2. The van der Waals surface area contributed by atoms with E-state index in [-0.39, 0.29) is 11.8 Å². The Balaban J connectivity index is 1.87. The topological polar surface area (TPSA) is 94.0 Å². The molecular weight excluding hydrogens is 268 g/mol. The van der Waals surface area contributed by atoms with Gasteiger partial charge in [-0.3, -0.25) is 4.79 Å². The van der Waals surface area contributed by atoms with E-state index in [2.05, 4.69) is 15.5 Å². The summed E-state index contributed by atoms with van der Waals surface area (Å²) in [5.74, 6) is 1.00. The third kappa shape index (κ3) is 2.67. The molecule has 3 N–H and O–H groups in total. The highest BCUT2D eigenvalue weighted by molar-refractivity contribution is 6.00. The van der Waals surface area contributed by atoms with Crippen LogP contribution >= 0.6 is 0 Å². The van der Waals surface area contributed by atoms with E-state index in [1.807, 2.05) is 18.2 Å². The Hall–Kier alpha value is -2.21. The van der Waals surface area contributed by atoms with Gasteiger partial charge in [0.1, 0.15) is 0 Å². The zero-order valence-corrected chi connectivity index (χ0v) is 12.1. The number of anilines is 1. The monoisotopic (exact) mass is 286 g/mol. The minimum atomic E-state index is -0.849. The minimum Gasteiger partial charge on any atom is -0.334 e. The Labute approximate surface area is 122 Å². The Bertz CT molecular complexity index is 674. The van der Waals surface area contributed by atoms with Gasteiger partial charge in [-0.2, -0.15) is 4.98 Å². The molecule has 1 amide bonds.